The van der Waals surface area contributed by atoms with Crippen LogP contribution in [0.5, 0.6) is 0 Å². The van der Waals surface area contributed by atoms with Gasteiger partial charge in [-0.3, -0.25) is 0 Å². The van der Waals surface area contributed by atoms with Crippen molar-refractivity contribution >= 4 is 11.8 Å². The molecule has 0 fully saturated rings. The van der Waals surface area contributed by atoms with E-state index in [-0.39, 0.29) is 0 Å². The summed E-state index contributed by atoms with van der Waals surface area (Å²) in [5.74, 6) is 0.806. The lowest BCUT2D eigenvalue weighted by Crippen LogP contribution is -2.16. The molecule has 0 aliphatic heterocycles. The lowest BCUT2D eigenvalue weighted by atomic mass is 9.99. The Kier molecular flexibility index (Phi) is 4.64. The molecule has 0 atom stereocenters. The minimum Gasteiger partial charge on any atom is -0.370 e. The van der Waals surface area contributed by atoms with Crippen molar-refractivity contribution in [2.24, 2.45) is 5.41 Å². The highest BCUT2D eigenvalue weighted by Crippen LogP contribution is 2.24. The maximum absolute atomic E-state index is 5.54. The van der Waals surface area contributed by atoms with Gasteiger partial charge in [0.15, 0.2) is 0 Å². The van der Waals surface area contributed by atoms with Crippen LogP contribution < -0.4 is 0 Å². The molecule has 0 rings (SSSR count). The summed E-state index contributed by atoms with van der Waals surface area (Å²) in [4.78, 5) is 0. The van der Waals surface area contributed by atoms with Crippen molar-refractivity contribution in [1.82, 2.24) is 0 Å². The van der Waals surface area contributed by atoms with E-state index in [1.807, 2.05) is 11.8 Å². The third kappa shape index (κ3) is 10.3. The summed E-state index contributed by atoms with van der Waals surface area (Å²) in [6, 6.07) is 0. The molecule has 0 spiro atoms. The standard InChI is InChI=1S/C10H22OS/c1-9(2,3)7-11-8-12-10(4,5)6/h7-8H2,1-6H3. The minimum absolute atomic E-state index is 0.290. The normalized spacial score (nSPS) is 13.5. The average molecular weight is 190 g/mol. The van der Waals surface area contributed by atoms with Gasteiger partial charge in [-0.05, 0) is 5.41 Å². The highest BCUT2D eigenvalue weighted by atomic mass is 32.2. The van der Waals surface area contributed by atoms with Gasteiger partial charge in [-0.1, -0.05) is 41.5 Å². The van der Waals surface area contributed by atoms with Gasteiger partial charge in [0.2, 0.25) is 0 Å². The van der Waals surface area contributed by atoms with Gasteiger partial charge in [-0.2, -0.15) is 0 Å². The Hall–Kier alpha value is 0.310. The molecule has 0 bridgehead atoms. The Morgan fingerprint density at radius 1 is 1.00 bits per heavy atom. The summed E-state index contributed by atoms with van der Waals surface area (Å²) in [5.41, 5.74) is 0.290. The lowest BCUT2D eigenvalue weighted by molar-refractivity contribution is 0.105. The zero-order valence-corrected chi connectivity index (χ0v) is 10.0. The van der Waals surface area contributed by atoms with E-state index in [1.54, 1.807) is 0 Å². The summed E-state index contributed by atoms with van der Waals surface area (Å²) >= 11 is 1.85. The van der Waals surface area contributed by atoms with Crippen LogP contribution in [0, 0.1) is 5.41 Å². The second-order valence-corrected chi connectivity index (χ2v) is 7.03. The van der Waals surface area contributed by atoms with Crippen molar-refractivity contribution < 1.29 is 4.74 Å². The number of thioether (sulfide) groups is 1. The van der Waals surface area contributed by atoms with Crippen molar-refractivity contribution in [3.8, 4) is 0 Å². The quantitative estimate of drug-likeness (QED) is 0.497. The van der Waals surface area contributed by atoms with Crippen LogP contribution in [0.25, 0.3) is 0 Å². The van der Waals surface area contributed by atoms with Gasteiger partial charge in [-0.25, -0.2) is 0 Å². The van der Waals surface area contributed by atoms with E-state index in [0.29, 0.717) is 10.2 Å². The van der Waals surface area contributed by atoms with Crippen LogP contribution >= 0.6 is 11.8 Å². The zero-order valence-electron chi connectivity index (χ0n) is 9.23. The van der Waals surface area contributed by atoms with E-state index >= 15 is 0 Å². The second kappa shape index (κ2) is 4.52. The molecule has 0 aromatic carbocycles. The van der Waals surface area contributed by atoms with Crippen LogP contribution in [0.15, 0.2) is 0 Å². The molecule has 0 heterocycles. The van der Waals surface area contributed by atoms with Crippen LogP contribution in [-0.4, -0.2) is 17.3 Å². The monoisotopic (exact) mass is 190 g/mol. The summed E-state index contributed by atoms with van der Waals surface area (Å²) in [5, 5.41) is 0. The molecule has 74 valence electrons. The zero-order chi connectivity index (χ0) is 9.83. The molecule has 0 radical (unpaired) electrons. The first-order valence-electron chi connectivity index (χ1n) is 4.42. The maximum atomic E-state index is 5.54. The second-order valence-electron chi connectivity index (χ2n) is 5.28. The van der Waals surface area contributed by atoms with Crippen LogP contribution in [0.1, 0.15) is 41.5 Å². The Balaban J connectivity index is 3.35. The molecule has 0 N–H and O–H groups in total. The van der Waals surface area contributed by atoms with Crippen molar-refractivity contribution in [3.63, 3.8) is 0 Å². The summed E-state index contributed by atoms with van der Waals surface area (Å²) in [6.07, 6.45) is 0. The van der Waals surface area contributed by atoms with Gasteiger partial charge < -0.3 is 4.74 Å². The average Bonchev–Trinajstić information content (AvgIpc) is 1.76. The Morgan fingerprint density at radius 3 is 1.83 bits per heavy atom. The van der Waals surface area contributed by atoms with E-state index in [9.17, 15) is 0 Å². The van der Waals surface area contributed by atoms with Gasteiger partial charge in [0.05, 0.1) is 12.5 Å². The number of hydrogen-bond donors (Lipinski definition) is 0. The molecule has 0 aliphatic carbocycles. The number of rotatable bonds is 3. The van der Waals surface area contributed by atoms with Crippen molar-refractivity contribution in [1.29, 1.82) is 0 Å². The van der Waals surface area contributed by atoms with E-state index in [2.05, 4.69) is 41.5 Å². The predicted octanol–water partition coefficient (Wildman–Crippen LogP) is 3.54. The van der Waals surface area contributed by atoms with E-state index in [0.717, 1.165) is 12.5 Å². The molecule has 0 amide bonds. The minimum atomic E-state index is 0.290. The van der Waals surface area contributed by atoms with Gasteiger partial charge in [0.25, 0.3) is 0 Å². The molecule has 0 saturated heterocycles. The third-order valence-electron chi connectivity index (χ3n) is 1.11. The first-order chi connectivity index (χ1) is 5.21. The number of ether oxygens (including phenoxy) is 1. The molecule has 0 aliphatic rings. The highest BCUT2D eigenvalue weighted by Gasteiger charge is 2.13. The fourth-order valence-corrected chi connectivity index (χ4v) is 1.09. The predicted molar refractivity (Wildman–Crippen MR) is 57.6 cm³/mol. The molecule has 0 aromatic heterocycles. The SMILES string of the molecule is CC(C)(C)COCSC(C)(C)C. The lowest BCUT2D eigenvalue weighted by Gasteiger charge is -2.21. The Labute approximate surface area is 81.3 Å². The smallest absolute Gasteiger partial charge is 0.0926 e. The molecular formula is C10H22OS. The van der Waals surface area contributed by atoms with Gasteiger partial charge >= 0.3 is 0 Å². The van der Waals surface area contributed by atoms with Crippen LogP contribution in [0.3, 0.4) is 0 Å². The van der Waals surface area contributed by atoms with Crippen molar-refractivity contribution in [3.05, 3.63) is 0 Å². The molecule has 0 aromatic rings. The molecule has 1 nitrogen and oxygen atoms in total. The molecular weight excluding hydrogens is 168 g/mol. The van der Waals surface area contributed by atoms with Gasteiger partial charge in [0.1, 0.15) is 0 Å². The van der Waals surface area contributed by atoms with E-state index in [1.165, 1.54) is 0 Å². The van der Waals surface area contributed by atoms with E-state index in [4.69, 9.17) is 4.74 Å². The van der Waals surface area contributed by atoms with Gasteiger partial charge in [-0.15, -0.1) is 11.8 Å². The fourth-order valence-electron chi connectivity index (χ4n) is 0.566. The van der Waals surface area contributed by atoms with E-state index < -0.39 is 0 Å². The van der Waals surface area contributed by atoms with Crippen LogP contribution in [0.4, 0.5) is 0 Å². The molecule has 12 heavy (non-hydrogen) atoms. The summed E-state index contributed by atoms with van der Waals surface area (Å²) in [6.45, 7) is 14.0. The fraction of sp³-hybridized carbons (Fsp3) is 1.00. The Bertz CT molecular complexity index is 103. The molecule has 0 unspecified atom stereocenters. The summed E-state index contributed by atoms with van der Waals surface area (Å²) < 4.78 is 5.85. The first-order valence-corrected chi connectivity index (χ1v) is 5.41. The van der Waals surface area contributed by atoms with Crippen LogP contribution in [-0.2, 0) is 4.74 Å². The third-order valence-corrected chi connectivity index (χ3v) is 2.26. The van der Waals surface area contributed by atoms with Crippen molar-refractivity contribution in [2.45, 2.75) is 46.3 Å². The van der Waals surface area contributed by atoms with Gasteiger partial charge in [0, 0.05) is 4.75 Å². The largest absolute Gasteiger partial charge is 0.370 e. The highest BCUT2D eigenvalue weighted by molar-refractivity contribution is 8.00. The van der Waals surface area contributed by atoms with Crippen LogP contribution in [0.2, 0.25) is 0 Å². The Morgan fingerprint density at radius 2 is 1.50 bits per heavy atom. The van der Waals surface area contributed by atoms with Crippen molar-refractivity contribution in [2.75, 3.05) is 12.5 Å². The summed E-state index contributed by atoms with van der Waals surface area (Å²) in [7, 11) is 0. The topological polar surface area (TPSA) is 9.23 Å². The number of hydrogen-bond acceptors (Lipinski definition) is 2. The molecule has 0 saturated carbocycles. The maximum Gasteiger partial charge on any atom is 0.0926 e. The molecule has 2 heteroatoms. The first kappa shape index (κ1) is 12.3.